The molecule has 0 aliphatic heterocycles. The average molecular weight is 457 g/mol. The number of hydrogen-bond donors (Lipinski definition) is 1. The van der Waals surface area contributed by atoms with Crippen LogP contribution in [0.3, 0.4) is 0 Å². The van der Waals surface area contributed by atoms with Crippen molar-refractivity contribution < 1.29 is 28.6 Å². The molecule has 0 bridgehead atoms. The minimum Gasteiger partial charge on any atom is -0.460 e. The Kier molecular flexibility index (Phi) is 10.4. The number of carbonyl (C=O) groups excluding carboxylic acids is 3. The van der Waals surface area contributed by atoms with Crippen LogP contribution in [0.15, 0.2) is 48.5 Å². The Labute approximate surface area is 195 Å². The number of ketones is 3. The van der Waals surface area contributed by atoms with Gasteiger partial charge in [-0.05, 0) is 29.7 Å². The fraction of sp³-hybridized carbons (Fsp3) is 0.444. The van der Waals surface area contributed by atoms with E-state index in [1.54, 1.807) is 50.2 Å². The van der Waals surface area contributed by atoms with E-state index in [1.165, 1.54) is 0 Å². The molecule has 3 atom stereocenters. The third-order valence-electron chi connectivity index (χ3n) is 5.68. The van der Waals surface area contributed by atoms with Gasteiger partial charge in [-0.1, -0.05) is 63.6 Å². The molecule has 0 saturated carbocycles. The smallest absolute Gasteiger partial charge is 0.238 e. The van der Waals surface area contributed by atoms with E-state index in [1.807, 2.05) is 19.1 Å². The third-order valence-corrected chi connectivity index (χ3v) is 5.68. The van der Waals surface area contributed by atoms with Crippen molar-refractivity contribution in [3.8, 4) is 16.9 Å². The number of halogens is 1. The molecule has 3 unspecified atom stereocenters. The second-order valence-corrected chi connectivity index (χ2v) is 8.18. The number of alkyl halides is 1. The molecule has 2 aromatic rings. The van der Waals surface area contributed by atoms with Gasteiger partial charge in [0.25, 0.3) is 0 Å². The summed E-state index contributed by atoms with van der Waals surface area (Å²) in [6, 6.07) is 14.0. The summed E-state index contributed by atoms with van der Waals surface area (Å²) < 4.78 is 18.5. The molecule has 6 heteroatoms. The van der Waals surface area contributed by atoms with E-state index in [-0.39, 0.29) is 37.4 Å². The topological polar surface area (TPSA) is 80.7 Å². The van der Waals surface area contributed by atoms with Gasteiger partial charge >= 0.3 is 0 Å². The average Bonchev–Trinajstić information content (AvgIpc) is 2.83. The van der Waals surface area contributed by atoms with Gasteiger partial charge in [-0.15, -0.1) is 0 Å². The quantitative estimate of drug-likeness (QED) is 0.296. The molecular formula is C27H33FO5. The number of aliphatic hydroxyl groups is 1. The van der Waals surface area contributed by atoms with E-state index in [0.29, 0.717) is 17.7 Å². The second-order valence-electron chi connectivity index (χ2n) is 8.18. The van der Waals surface area contributed by atoms with Crippen LogP contribution in [0.4, 0.5) is 4.39 Å². The van der Waals surface area contributed by atoms with Crippen molar-refractivity contribution in [3.63, 3.8) is 0 Å². The maximum Gasteiger partial charge on any atom is 0.238 e. The maximum atomic E-state index is 13.4. The standard InChI is InChI=1S/C27H33FO5/c1-4-6-7-23(30)26(24(31)16-17-29)18(3)27(32)21-10-8-19(9-11-21)20-12-14-22(15-13-20)33-25(28)5-2/h8-15,18,25-26,29H,4-7,16-17H2,1-3H3. The molecule has 0 fully saturated rings. The molecule has 0 aliphatic rings. The molecule has 0 heterocycles. The van der Waals surface area contributed by atoms with Crippen LogP contribution >= 0.6 is 0 Å². The summed E-state index contributed by atoms with van der Waals surface area (Å²) in [6.07, 6.45) is 0.509. The lowest BCUT2D eigenvalue weighted by Crippen LogP contribution is -2.35. The van der Waals surface area contributed by atoms with Crippen molar-refractivity contribution in [3.05, 3.63) is 54.1 Å². The molecule has 33 heavy (non-hydrogen) atoms. The van der Waals surface area contributed by atoms with Gasteiger partial charge in [0.1, 0.15) is 17.3 Å². The Morgan fingerprint density at radius 2 is 1.45 bits per heavy atom. The van der Waals surface area contributed by atoms with Crippen molar-refractivity contribution in [2.75, 3.05) is 6.61 Å². The summed E-state index contributed by atoms with van der Waals surface area (Å²) in [6.45, 7) is 4.92. The maximum absolute atomic E-state index is 13.4. The zero-order valence-corrected chi connectivity index (χ0v) is 19.6. The van der Waals surface area contributed by atoms with Crippen molar-refractivity contribution >= 4 is 17.3 Å². The molecule has 178 valence electrons. The van der Waals surface area contributed by atoms with Gasteiger partial charge in [-0.25, -0.2) is 4.39 Å². The lowest BCUT2D eigenvalue weighted by atomic mass is 9.79. The monoisotopic (exact) mass is 456 g/mol. The molecule has 2 rings (SSSR count). The van der Waals surface area contributed by atoms with Crippen LogP contribution in [0.1, 0.15) is 63.2 Å². The largest absolute Gasteiger partial charge is 0.460 e. The summed E-state index contributed by atoms with van der Waals surface area (Å²) in [5, 5.41) is 9.15. The van der Waals surface area contributed by atoms with E-state index >= 15 is 0 Å². The molecule has 0 spiro atoms. The highest BCUT2D eigenvalue weighted by atomic mass is 19.1. The first-order chi connectivity index (χ1) is 15.8. The molecular weight excluding hydrogens is 423 g/mol. The van der Waals surface area contributed by atoms with Crippen molar-refractivity contribution in [2.45, 2.75) is 59.2 Å². The Bertz CT molecular complexity index is 921. The number of carbonyl (C=O) groups is 3. The number of Topliss-reactive ketones (excluding diaryl/α,β-unsaturated/α-hetero) is 3. The highest BCUT2D eigenvalue weighted by molar-refractivity contribution is 6.09. The lowest BCUT2D eigenvalue weighted by Gasteiger charge is -2.21. The van der Waals surface area contributed by atoms with Crippen LogP contribution in [0, 0.1) is 11.8 Å². The summed E-state index contributed by atoms with van der Waals surface area (Å²) in [4.78, 5) is 38.2. The first-order valence-electron chi connectivity index (χ1n) is 11.5. The van der Waals surface area contributed by atoms with Crippen LogP contribution in [0.2, 0.25) is 0 Å². The van der Waals surface area contributed by atoms with Gasteiger partial charge in [-0.2, -0.15) is 0 Å². The molecule has 5 nitrogen and oxygen atoms in total. The Balaban J connectivity index is 2.16. The fourth-order valence-electron chi connectivity index (χ4n) is 3.71. The summed E-state index contributed by atoms with van der Waals surface area (Å²) in [5.41, 5.74) is 2.16. The van der Waals surface area contributed by atoms with Crippen LogP contribution in [0.5, 0.6) is 5.75 Å². The summed E-state index contributed by atoms with van der Waals surface area (Å²) in [5.74, 6) is -2.31. The second kappa shape index (κ2) is 13.0. The predicted octanol–water partition coefficient (Wildman–Crippen LogP) is 5.58. The van der Waals surface area contributed by atoms with E-state index in [2.05, 4.69) is 0 Å². The number of rotatable bonds is 14. The van der Waals surface area contributed by atoms with Crippen LogP contribution in [-0.2, 0) is 9.59 Å². The minimum absolute atomic E-state index is 0.139. The Morgan fingerprint density at radius 3 is 1.97 bits per heavy atom. The molecule has 2 aromatic carbocycles. The zero-order chi connectivity index (χ0) is 24.4. The van der Waals surface area contributed by atoms with Crippen LogP contribution < -0.4 is 4.74 Å². The van der Waals surface area contributed by atoms with Gasteiger partial charge in [-0.3, -0.25) is 14.4 Å². The van der Waals surface area contributed by atoms with Gasteiger partial charge in [0.2, 0.25) is 6.36 Å². The molecule has 0 aliphatic carbocycles. The van der Waals surface area contributed by atoms with Gasteiger partial charge < -0.3 is 9.84 Å². The van der Waals surface area contributed by atoms with E-state index in [4.69, 9.17) is 9.84 Å². The number of benzene rings is 2. The van der Waals surface area contributed by atoms with E-state index in [9.17, 15) is 18.8 Å². The number of aliphatic hydroxyl groups excluding tert-OH is 1. The molecule has 0 aromatic heterocycles. The molecule has 0 radical (unpaired) electrons. The molecule has 0 amide bonds. The van der Waals surface area contributed by atoms with Gasteiger partial charge in [0, 0.05) is 37.4 Å². The number of ether oxygens (including phenoxy) is 1. The normalized spacial score (nSPS) is 13.7. The van der Waals surface area contributed by atoms with Crippen molar-refractivity contribution in [1.29, 1.82) is 0 Å². The van der Waals surface area contributed by atoms with E-state index in [0.717, 1.165) is 17.5 Å². The Morgan fingerprint density at radius 1 is 0.909 bits per heavy atom. The number of hydrogen-bond acceptors (Lipinski definition) is 5. The van der Waals surface area contributed by atoms with Crippen LogP contribution in [0.25, 0.3) is 11.1 Å². The van der Waals surface area contributed by atoms with Gasteiger partial charge in [0.05, 0.1) is 5.92 Å². The molecule has 0 saturated heterocycles. The predicted molar refractivity (Wildman–Crippen MR) is 126 cm³/mol. The molecule has 1 N–H and O–H groups in total. The zero-order valence-electron chi connectivity index (χ0n) is 19.6. The first-order valence-corrected chi connectivity index (χ1v) is 11.5. The summed E-state index contributed by atoms with van der Waals surface area (Å²) in [7, 11) is 0. The number of unbranched alkanes of at least 4 members (excludes halogenated alkanes) is 1. The lowest BCUT2D eigenvalue weighted by molar-refractivity contribution is -0.134. The Hall–Kier alpha value is -2.86. The SMILES string of the molecule is CCCCC(=O)C(C(=O)CCO)C(C)C(=O)c1ccc(-c2ccc(OC(F)CC)cc2)cc1. The fourth-order valence-corrected chi connectivity index (χ4v) is 3.71. The van der Waals surface area contributed by atoms with Crippen molar-refractivity contribution in [1.82, 2.24) is 0 Å². The van der Waals surface area contributed by atoms with E-state index < -0.39 is 24.0 Å². The third kappa shape index (κ3) is 7.32. The highest BCUT2D eigenvalue weighted by Crippen LogP contribution is 2.27. The minimum atomic E-state index is -1.34. The van der Waals surface area contributed by atoms with Gasteiger partial charge in [0.15, 0.2) is 5.78 Å². The first kappa shape index (κ1) is 26.4. The van der Waals surface area contributed by atoms with Crippen LogP contribution in [-0.4, -0.2) is 35.4 Å². The van der Waals surface area contributed by atoms with Crippen molar-refractivity contribution in [2.24, 2.45) is 11.8 Å². The summed E-state index contributed by atoms with van der Waals surface area (Å²) >= 11 is 0. The highest BCUT2D eigenvalue weighted by Gasteiger charge is 2.35.